The van der Waals surface area contributed by atoms with Crippen LogP contribution in [0.15, 0.2) is 24.3 Å². The van der Waals surface area contributed by atoms with Crippen molar-refractivity contribution in [1.29, 1.82) is 0 Å². The van der Waals surface area contributed by atoms with Crippen molar-refractivity contribution in [3.05, 3.63) is 30.1 Å². The molecule has 1 aliphatic heterocycles. The summed E-state index contributed by atoms with van der Waals surface area (Å²) in [6, 6.07) is 5.53. The first-order chi connectivity index (χ1) is 12.0. The summed E-state index contributed by atoms with van der Waals surface area (Å²) in [5.74, 6) is -0.0546. The lowest BCUT2D eigenvalue weighted by Crippen LogP contribution is -2.42. The Kier molecular flexibility index (Phi) is 5.22. The van der Waals surface area contributed by atoms with E-state index in [9.17, 15) is 19.1 Å². The second-order valence-corrected chi connectivity index (χ2v) is 6.71. The summed E-state index contributed by atoms with van der Waals surface area (Å²) in [6.07, 6.45) is 2.19. The van der Waals surface area contributed by atoms with E-state index in [1.165, 1.54) is 24.3 Å². The Labute approximate surface area is 146 Å². The highest BCUT2D eigenvalue weighted by Crippen LogP contribution is 2.46. The molecule has 2 aliphatic rings. The predicted molar refractivity (Wildman–Crippen MR) is 88.4 cm³/mol. The third-order valence-corrected chi connectivity index (χ3v) is 4.92. The molecule has 1 heterocycles. The number of nitrogens with zero attached hydrogens (tertiary/aromatic N) is 2. The maximum atomic E-state index is 12.9. The zero-order valence-corrected chi connectivity index (χ0v) is 14.1. The van der Waals surface area contributed by atoms with E-state index >= 15 is 0 Å². The van der Waals surface area contributed by atoms with Gasteiger partial charge in [-0.25, -0.2) is 4.39 Å². The molecule has 1 aliphatic carbocycles. The lowest BCUT2D eigenvalue weighted by atomic mass is 10.1. The van der Waals surface area contributed by atoms with E-state index in [1.54, 1.807) is 9.80 Å². The van der Waals surface area contributed by atoms with Crippen LogP contribution in [0, 0.1) is 11.2 Å². The minimum Gasteiger partial charge on any atom is -0.484 e. The number of aliphatic hydroxyl groups excluding tert-OH is 1. The Hall–Kier alpha value is -2.15. The fraction of sp³-hybridized carbons (Fsp3) is 0.556. The van der Waals surface area contributed by atoms with Gasteiger partial charge in [0.2, 0.25) is 5.91 Å². The third-order valence-electron chi connectivity index (χ3n) is 4.92. The summed E-state index contributed by atoms with van der Waals surface area (Å²) < 4.78 is 18.3. The minimum absolute atomic E-state index is 0.00635. The molecule has 1 aromatic rings. The zero-order chi connectivity index (χ0) is 17.9. The Morgan fingerprint density at radius 3 is 2.36 bits per heavy atom. The van der Waals surface area contributed by atoms with Gasteiger partial charge >= 0.3 is 0 Å². The van der Waals surface area contributed by atoms with Crippen molar-refractivity contribution in [3.63, 3.8) is 0 Å². The lowest BCUT2D eigenvalue weighted by molar-refractivity contribution is -0.139. The number of aliphatic hydroxyl groups is 1. The van der Waals surface area contributed by atoms with Gasteiger partial charge in [0.15, 0.2) is 6.61 Å². The molecule has 2 fully saturated rings. The molecule has 0 radical (unpaired) electrons. The number of rotatable bonds is 5. The van der Waals surface area contributed by atoms with Gasteiger partial charge in [-0.05, 0) is 43.5 Å². The van der Waals surface area contributed by atoms with Gasteiger partial charge in [0.05, 0.1) is 12.0 Å². The molecule has 0 spiro atoms. The number of carbonyl (C=O) groups excluding carboxylic acids is 2. The Balaban J connectivity index is 1.49. The molecule has 1 saturated heterocycles. The van der Waals surface area contributed by atoms with E-state index in [0.29, 0.717) is 38.3 Å². The van der Waals surface area contributed by atoms with E-state index in [0.717, 1.165) is 12.8 Å². The second kappa shape index (κ2) is 7.39. The molecule has 0 bridgehead atoms. The average Bonchev–Trinajstić information content (AvgIpc) is 3.44. The smallest absolute Gasteiger partial charge is 0.260 e. The van der Waals surface area contributed by atoms with Crippen molar-refractivity contribution < 1.29 is 23.8 Å². The first-order valence-electron chi connectivity index (χ1n) is 8.60. The molecule has 7 heteroatoms. The highest BCUT2D eigenvalue weighted by atomic mass is 19.1. The molecule has 0 atom stereocenters. The van der Waals surface area contributed by atoms with E-state index in [2.05, 4.69) is 0 Å². The summed E-state index contributed by atoms with van der Waals surface area (Å²) in [4.78, 5) is 28.3. The van der Waals surface area contributed by atoms with Crippen molar-refractivity contribution in [1.82, 2.24) is 9.80 Å². The van der Waals surface area contributed by atoms with Crippen LogP contribution in [-0.2, 0) is 9.59 Å². The van der Waals surface area contributed by atoms with E-state index in [-0.39, 0.29) is 30.8 Å². The Morgan fingerprint density at radius 1 is 1.08 bits per heavy atom. The molecule has 2 amide bonds. The fourth-order valence-electron chi connectivity index (χ4n) is 3.06. The molecule has 1 N–H and O–H groups in total. The zero-order valence-electron chi connectivity index (χ0n) is 14.1. The van der Waals surface area contributed by atoms with Crippen molar-refractivity contribution >= 4 is 11.8 Å². The van der Waals surface area contributed by atoms with Gasteiger partial charge in [-0.1, -0.05) is 0 Å². The second-order valence-electron chi connectivity index (χ2n) is 6.71. The highest BCUT2D eigenvalue weighted by molar-refractivity contribution is 5.85. The minimum atomic E-state index is -0.565. The lowest BCUT2D eigenvalue weighted by Gasteiger charge is -2.25. The molecule has 136 valence electrons. The van der Waals surface area contributed by atoms with Crippen LogP contribution in [0.2, 0.25) is 0 Å². The molecule has 3 rings (SSSR count). The maximum absolute atomic E-state index is 12.9. The van der Waals surface area contributed by atoms with Crippen LogP contribution in [-0.4, -0.2) is 66.1 Å². The maximum Gasteiger partial charge on any atom is 0.260 e. The van der Waals surface area contributed by atoms with E-state index in [1.807, 2.05) is 0 Å². The standard InChI is InChI=1S/C18H23FN2O4/c19-14-2-4-15(5-3-14)25-12-16(23)20-8-1-9-21(11-10-20)17(24)18(13-22)6-7-18/h2-5,22H,1,6-13H2. The quantitative estimate of drug-likeness (QED) is 0.861. The van der Waals surface area contributed by atoms with Crippen LogP contribution in [0.4, 0.5) is 4.39 Å². The number of carbonyl (C=O) groups is 2. The number of hydrogen-bond donors (Lipinski definition) is 1. The van der Waals surface area contributed by atoms with E-state index in [4.69, 9.17) is 4.74 Å². The molecule has 0 aromatic heterocycles. The van der Waals surface area contributed by atoms with Crippen molar-refractivity contribution in [2.45, 2.75) is 19.3 Å². The molecule has 25 heavy (non-hydrogen) atoms. The first kappa shape index (κ1) is 17.7. The SMILES string of the molecule is O=C(COc1ccc(F)cc1)N1CCCN(C(=O)C2(CO)CC2)CC1. The van der Waals surface area contributed by atoms with Crippen LogP contribution in [0.5, 0.6) is 5.75 Å². The summed E-state index contributed by atoms with van der Waals surface area (Å²) in [5, 5.41) is 9.41. The first-order valence-corrected chi connectivity index (χ1v) is 8.60. The Morgan fingerprint density at radius 2 is 1.72 bits per heavy atom. The van der Waals surface area contributed by atoms with Gasteiger partial charge in [0, 0.05) is 26.2 Å². The van der Waals surface area contributed by atoms with Crippen molar-refractivity contribution in [2.24, 2.45) is 5.41 Å². The monoisotopic (exact) mass is 350 g/mol. The summed E-state index contributed by atoms with van der Waals surface area (Å²) in [5.41, 5.74) is -0.565. The highest BCUT2D eigenvalue weighted by Gasteiger charge is 2.51. The number of amides is 2. The summed E-state index contributed by atoms with van der Waals surface area (Å²) >= 11 is 0. The van der Waals surface area contributed by atoms with Gasteiger partial charge in [0.25, 0.3) is 5.91 Å². The summed E-state index contributed by atoms with van der Waals surface area (Å²) in [6.45, 7) is 1.89. The van der Waals surface area contributed by atoms with E-state index < -0.39 is 5.41 Å². The van der Waals surface area contributed by atoms with Crippen LogP contribution < -0.4 is 4.74 Å². The van der Waals surface area contributed by atoms with Crippen LogP contribution in [0.25, 0.3) is 0 Å². The molecule has 0 unspecified atom stereocenters. The number of halogens is 1. The fourth-order valence-corrected chi connectivity index (χ4v) is 3.06. The van der Waals surface area contributed by atoms with Gasteiger partial charge in [0.1, 0.15) is 11.6 Å². The molecule has 1 aromatic carbocycles. The third kappa shape index (κ3) is 4.10. The van der Waals surface area contributed by atoms with Gasteiger partial charge in [-0.3, -0.25) is 9.59 Å². The average molecular weight is 350 g/mol. The largest absolute Gasteiger partial charge is 0.484 e. The van der Waals surface area contributed by atoms with Gasteiger partial charge in [-0.15, -0.1) is 0 Å². The van der Waals surface area contributed by atoms with Crippen LogP contribution in [0.1, 0.15) is 19.3 Å². The topological polar surface area (TPSA) is 70.1 Å². The van der Waals surface area contributed by atoms with Crippen molar-refractivity contribution in [2.75, 3.05) is 39.4 Å². The normalized spacial score (nSPS) is 19.3. The van der Waals surface area contributed by atoms with Crippen molar-refractivity contribution in [3.8, 4) is 5.75 Å². The van der Waals surface area contributed by atoms with Crippen LogP contribution >= 0.6 is 0 Å². The predicted octanol–water partition coefficient (Wildman–Crippen LogP) is 1.04. The molecule has 1 saturated carbocycles. The molecule has 6 nitrogen and oxygen atoms in total. The number of hydrogen-bond acceptors (Lipinski definition) is 4. The summed E-state index contributed by atoms with van der Waals surface area (Å²) in [7, 11) is 0. The van der Waals surface area contributed by atoms with Crippen LogP contribution in [0.3, 0.4) is 0 Å². The molecular weight excluding hydrogens is 327 g/mol. The van der Waals surface area contributed by atoms with Gasteiger partial charge < -0.3 is 19.6 Å². The number of benzene rings is 1. The van der Waals surface area contributed by atoms with Gasteiger partial charge in [-0.2, -0.15) is 0 Å². The molecular formula is C18H23FN2O4. The number of ether oxygens (including phenoxy) is 1. The Bertz CT molecular complexity index is 630.